The van der Waals surface area contributed by atoms with E-state index in [2.05, 4.69) is 37.2 Å². The van der Waals surface area contributed by atoms with Gasteiger partial charge in [-0.1, -0.05) is 29.8 Å². The maximum absolute atomic E-state index is 13.1. The Morgan fingerprint density at radius 3 is 1.85 bits per heavy atom. The molecule has 0 saturated heterocycles. The minimum atomic E-state index is -1.28. The highest BCUT2D eigenvalue weighted by Crippen LogP contribution is 2.11. The second-order valence-electron chi connectivity index (χ2n) is 17.1. The number of esters is 1. The summed E-state index contributed by atoms with van der Waals surface area (Å²) in [5.74, 6) is -5.25. The molecule has 1 rings (SSSR count). The van der Waals surface area contributed by atoms with E-state index in [9.17, 15) is 43.2 Å². The monoisotopic (exact) mass is 922 g/mol. The van der Waals surface area contributed by atoms with E-state index >= 15 is 0 Å². The van der Waals surface area contributed by atoms with Crippen molar-refractivity contribution in [1.82, 2.24) is 37.2 Å². The molecule has 0 aliphatic rings. The molecule has 0 heterocycles. The van der Waals surface area contributed by atoms with Crippen molar-refractivity contribution in [2.45, 2.75) is 130 Å². The van der Waals surface area contributed by atoms with Gasteiger partial charge in [0, 0.05) is 32.5 Å². The van der Waals surface area contributed by atoms with Gasteiger partial charge in [-0.3, -0.25) is 38.4 Å². The molecule has 21 heteroatoms. The third-order valence-corrected chi connectivity index (χ3v) is 8.62. The summed E-state index contributed by atoms with van der Waals surface area (Å²) in [5.41, 5.74) is 0.853. The molecule has 8 N–H and O–H groups in total. The number of hydrogen-bond acceptors (Lipinski definition) is 13. The number of carbonyl (C=O) groups excluding carboxylic acids is 8. The zero-order valence-electron chi connectivity index (χ0n) is 38.9. The average Bonchev–Trinajstić information content (AvgIpc) is 3.20. The highest BCUT2D eigenvalue weighted by molar-refractivity contribution is 5.92. The van der Waals surface area contributed by atoms with Crippen LogP contribution in [0.25, 0.3) is 0 Å². The van der Waals surface area contributed by atoms with Gasteiger partial charge < -0.3 is 61.3 Å². The summed E-state index contributed by atoms with van der Waals surface area (Å²) in [7, 11) is 0. The predicted molar refractivity (Wildman–Crippen MR) is 237 cm³/mol. The fourth-order valence-electron chi connectivity index (χ4n) is 5.54. The smallest absolute Gasteiger partial charge is 0.407 e. The number of aliphatic carboxylic acids is 1. The molecule has 21 nitrogen and oxygen atoms in total. The predicted octanol–water partition coefficient (Wildman–Crippen LogP) is 1.08. The number of nitrogens with one attached hydrogen (secondary N) is 7. The number of hydrogen-bond donors (Lipinski definition) is 8. The van der Waals surface area contributed by atoms with Crippen LogP contribution < -0.4 is 37.2 Å². The summed E-state index contributed by atoms with van der Waals surface area (Å²) >= 11 is 0. The van der Waals surface area contributed by atoms with Gasteiger partial charge in [-0.25, -0.2) is 4.79 Å². The molecule has 0 aliphatic carbocycles. The number of carboxylic acid groups (broad SMARTS) is 1. The van der Waals surface area contributed by atoms with Crippen molar-refractivity contribution in [2.24, 2.45) is 0 Å². The van der Waals surface area contributed by atoms with Crippen LogP contribution in [0.5, 0.6) is 0 Å². The number of unbranched alkanes of at least 4 members (excludes halogenated alkanes) is 1. The molecule has 0 saturated carbocycles. The third kappa shape index (κ3) is 31.6. The van der Waals surface area contributed by atoms with Crippen molar-refractivity contribution in [3.63, 3.8) is 0 Å². The van der Waals surface area contributed by atoms with Crippen molar-refractivity contribution >= 4 is 53.5 Å². The quantitative estimate of drug-likeness (QED) is 0.0382. The van der Waals surface area contributed by atoms with Gasteiger partial charge in [0.25, 0.3) is 0 Å². The lowest BCUT2D eigenvalue weighted by Gasteiger charge is -2.21. The molecule has 0 spiro atoms. The van der Waals surface area contributed by atoms with Crippen LogP contribution in [0.4, 0.5) is 4.79 Å². The molecular formula is C44H71N7O14. The van der Waals surface area contributed by atoms with Crippen LogP contribution in [0, 0.1) is 6.92 Å². The standard InChI is InChI=1S/C44H71N7O14/c1-30-14-16-31(17-15-30)11-10-13-34(52)50-32(12-8-9-21-47-42(61)65-44(5,6)7)40(59)46-23-24-62-25-26-63-29-37(55)48-28-36(54)51-33(18-19-39(58)64-43(2,3)4)41(60)49-27-35(53)45-22-20-38(56)57/h14-17,32-33H,8-13,18-29H2,1-7H3,(H,45,53)(H,46,59)(H,47,61)(H,48,55)(H,49,60)(H,50,52)(H,51,54)(H,56,57). The minimum absolute atomic E-state index is 0.00294. The molecule has 366 valence electrons. The Balaban J connectivity index is 2.51. The first kappa shape index (κ1) is 57.2. The fourth-order valence-corrected chi connectivity index (χ4v) is 5.54. The van der Waals surface area contributed by atoms with Crippen LogP contribution in [0.3, 0.4) is 0 Å². The van der Waals surface area contributed by atoms with Crippen LogP contribution in [-0.4, -0.2) is 141 Å². The zero-order valence-corrected chi connectivity index (χ0v) is 38.9. The van der Waals surface area contributed by atoms with Gasteiger partial charge in [-0.2, -0.15) is 0 Å². The van der Waals surface area contributed by atoms with Crippen LogP contribution in [-0.2, 0) is 63.7 Å². The molecule has 0 fully saturated rings. The largest absolute Gasteiger partial charge is 0.481 e. The summed E-state index contributed by atoms with van der Waals surface area (Å²) in [6.45, 7) is 11.3. The van der Waals surface area contributed by atoms with Gasteiger partial charge in [-0.15, -0.1) is 0 Å². The van der Waals surface area contributed by atoms with Crippen LogP contribution in [0.15, 0.2) is 24.3 Å². The number of carboxylic acids is 1. The number of ether oxygens (including phenoxy) is 4. The highest BCUT2D eigenvalue weighted by Gasteiger charge is 2.25. The van der Waals surface area contributed by atoms with E-state index in [1.54, 1.807) is 41.5 Å². The second kappa shape index (κ2) is 31.1. The minimum Gasteiger partial charge on any atom is -0.481 e. The summed E-state index contributed by atoms with van der Waals surface area (Å²) < 4.78 is 21.3. The molecule has 0 radical (unpaired) electrons. The summed E-state index contributed by atoms with van der Waals surface area (Å²) in [5, 5.41) is 26.4. The molecule has 2 unspecified atom stereocenters. The lowest BCUT2D eigenvalue weighted by atomic mass is 10.1. The molecule has 1 aromatic carbocycles. The normalized spacial score (nSPS) is 12.1. The lowest BCUT2D eigenvalue weighted by Crippen LogP contribution is -2.51. The molecular weight excluding hydrogens is 851 g/mol. The summed E-state index contributed by atoms with van der Waals surface area (Å²) in [6, 6.07) is 6.01. The molecule has 1 aromatic rings. The van der Waals surface area contributed by atoms with Gasteiger partial charge in [0.05, 0.1) is 39.3 Å². The maximum atomic E-state index is 13.1. The topological polar surface area (TPSA) is 295 Å². The van der Waals surface area contributed by atoms with Crippen molar-refractivity contribution in [3.8, 4) is 0 Å². The summed E-state index contributed by atoms with van der Waals surface area (Å²) in [6.07, 6.45) is 1.73. The van der Waals surface area contributed by atoms with Gasteiger partial charge in [-0.05, 0) is 92.6 Å². The molecule has 0 aromatic heterocycles. The van der Waals surface area contributed by atoms with Gasteiger partial charge in [0.2, 0.25) is 35.4 Å². The van der Waals surface area contributed by atoms with E-state index in [1.165, 1.54) is 0 Å². The average molecular weight is 922 g/mol. The van der Waals surface area contributed by atoms with Gasteiger partial charge in [0.1, 0.15) is 29.9 Å². The Bertz CT molecular complexity index is 1690. The molecule has 65 heavy (non-hydrogen) atoms. The highest BCUT2D eigenvalue weighted by atomic mass is 16.6. The van der Waals surface area contributed by atoms with Crippen molar-refractivity contribution in [3.05, 3.63) is 35.4 Å². The van der Waals surface area contributed by atoms with E-state index in [4.69, 9.17) is 24.1 Å². The Hall–Kier alpha value is -5.83. The van der Waals surface area contributed by atoms with Crippen LogP contribution in [0.2, 0.25) is 0 Å². The SMILES string of the molecule is Cc1ccc(CCCC(=O)NC(CCCCNC(=O)OC(C)(C)C)C(=O)NCCOCCOCC(=O)NCC(=O)NC(CCC(=O)OC(C)(C)C)C(=O)NCC(=O)NCCC(=O)O)cc1. The number of rotatable bonds is 31. The number of aryl methyl sites for hydroxylation is 2. The first-order valence-electron chi connectivity index (χ1n) is 21.8. The van der Waals surface area contributed by atoms with Crippen LogP contribution >= 0.6 is 0 Å². The molecule has 2 atom stereocenters. The van der Waals surface area contributed by atoms with E-state index in [0.717, 1.165) is 17.5 Å². The molecule has 7 amide bonds. The van der Waals surface area contributed by atoms with E-state index in [-0.39, 0.29) is 70.4 Å². The summed E-state index contributed by atoms with van der Waals surface area (Å²) in [4.78, 5) is 111. The first-order chi connectivity index (χ1) is 30.5. The Kier molecular flexibility index (Phi) is 27.4. The zero-order chi connectivity index (χ0) is 48.8. The molecule has 0 aliphatic heterocycles. The van der Waals surface area contributed by atoms with Crippen molar-refractivity contribution in [1.29, 1.82) is 0 Å². The van der Waals surface area contributed by atoms with E-state index < -0.39 is 84.6 Å². The lowest BCUT2D eigenvalue weighted by molar-refractivity contribution is -0.155. The van der Waals surface area contributed by atoms with Crippen molar-refractivity contribution in [2.75, 3.05) is 59.2 Å². The van der Waals surface area contributed by atoms with E-state index in [1.807, 2.05) is 31.2 Å². The number of amides is 7. The Morgan fingerprint density at radius 2 is 1.18 bits per heavy atom. The van der Waals surface area contributed by atoms with Gasteiger partial charge >= 0.3 is 18.0 Å². The molecule has 0 bridgehead atoms. The number of carbonyl (C=O) groups is 9. The second-order valence-corrected chi connectivity index (χ2v) is 17.1. The van der Waals surface area contributed by atoms with E-state index in [0.29, 0.717) is 32.2 Å². The fraction of sp³-hybridized carbons (Fsp3) is 0.659. The Morgan fingerprint density at radius 1 is 0.569 bits per heavy atom. The van der Waals surface area contributed by atoms with Crippen molar-refractivity contribution < 1.29 is 67.2 Å². The van der Waals surface area contributed by atoms with Gasteiger partial charge in [0.15, 0.2) is 0 Å². The third-order valence-electron chi connectivity index (χ3n) is 8.62. The Labute approximate surface area is 381 Å². The number of alkyl carbamates (subject to hydrolysis) is 1. The maximum Gasteiger partial charge on any atom is 0.407 e. The van der Waals surface area contributed by atoms with Crippen LogP contribution in [0.1, 0.15) is 104 Å². The number of benzene rings is 1. The first-order valence-corrected chi connectivity index (χ1v) is 21.8.